The fourth-order valence-corrected chi connectivity index (χ4v) is 13.5. The molecule has 0 radical (unpaired) electrons. The van der Waals surface area contributed by atoms with Gasteiger partial charge in [0.1, 0.15) is 19.3 Å². The lowest BCUT2D eigenvalue weighted by Gasteiger charge is -2.21. The summed E-state index contributed by atoms with van der Waals surface area (Å²) in [6.45, 7) is 11.9. The van der Waals surface area contributed by atoms with Gasteiger partial charge < -0.3 is 33.8 Å². The van der Waals surface area contributed by atoms with Crippen LogP contribution >= 0.6 is 15.6 Å². The topological polar surface area (TPSA) is 237 Å². The van der Waals surface area contributed by atoms with Crippen LogP contribution in [0.15, 0.2) is 0 Å². The minimum Gasteiger partial charge on any atom is -0.462 e. The van der Waals surface area contributed by atoms with Crippen molar-refractivity contribution < 1.29 is 80.2 Å². The van der Waals surface area contributed by atoms with Gasteiger partial charge in [0.25, 0.3) is 0 Å². The highest BCUT2D eigenvalue weighted by Crippen LogP contribution is 2.45. The fourth-order valence-electron chi connectivity index (χ4n) is 11.9. The molecule has 0 saturated carbocycles. The van der Waals surface area contributed by atoms with Crippen LogP contribution in [0.25, 0.3) is 0 Å². The number of ether oxygens (including phenoxy) is 4. The fraction of sp³-hybridized carbons (Fsp3) is 0.949. The second kappa shape index (κ2) is 68.5. The van der Waals surface area contributed by atoms with E-state index in [1.54, 1.807) is 0 Å². The summed E-state index contributed by atoms with van der Waals surface area (Å²) in [7, 11) is -9.91. The average molecular weight is 1420 g/mol. The number of carbonyl (C=O) groups excluding carboxylic acids is 4. The molecule has 576 valence electrons. The van der Waals surface area contributed by atoms with Crippen LogP contribution in [0.3, 0.4) is 0 Å². The number of aliphatic hydroxyl groups is 1. The van der Waals surface area contributed by atoms with E-state index < -0.39 is 97.5 Å². The van der Waals surface area contributed by atoms with Crippen molar-refractivity contribution in [3.63, 3.8) is 0 Å². The Morgan fingerprint density at radius 2 is 0.526 bits per heavy atom. The molecule has 0 rings (SSSR count). The lowest BCUT2D eigenvalue weighted by Crippen LogP contribution is -2.30. The Morgan fingerprint density at radius 1 is 0.299 bits per heavy atom. The Labute approximate surface area is 594 Å². The number of phosphoric ester groups is 2. The summed E-state index contributed by atoms with van der Waals surface area (Å²) in [6.07, 6.45) is 55.6. The van der Waals surface area contributed by atoms with Crippen LogP contribution in [0.5, 0.6) is 0 Å². The van der Waals surface area contributed by atoms with Gasteiger partial charge in [0.05, 0.1) is 26.4 Å². The van der Waals surface area contributed by atoms with Gasteiger partial charge in [-0.3, -0.25) is 37.3 Å². The van der Waals surface area contributed by atoms with Crippen molar-refractivity contribution in [3.8, 4) is 0 Å². The quantitative estimate of drug-likeness (QED) is 0.0222. The lowest BCUT2D eigenvalue weighted by molar-refractivity contribution is -0.161. The van der Waals surface area contributed by atoms with E-state index in [1.165, 1.54) is 205 Å². The molecule has 0 saturated heterocycles. The van der Waals surface area contributed by atoms with E-state index in [2.05, 4.69) is 48.5 Å². The van der Waals surface area contributed by atoms with Crippen molar-refractivity contribution in [2.24, 2.45) is 17.8 Å². The number of hydrogen-bond donors (Lipinski definition) is 3. The molecule has 0 spiro atoms. The van der Waals surface area contributed by atoms with Crippen molar-refractivity contribution in [2.45, 2.75) is 420 Å². The first-order valence-electron chi connectivity index (χ1n) is 40.4. The van der Waals surface area contributed by atoms with E-state index in [0.29, 0.717) is 31.6 Å². The Kier molecular flexibility index (Phi) is 67.1. The SMILES string of the molecule is CCCCCCCCCCCCCCC(=O)O[C@H](COC(=O)CCCCCCCCC(C)C)COP(=O)(O)OC[C@H](O)COP(=O)(O)OC[C@@H](COC(=O)CCCCCCCCCCCCC(C)CC)OC(=O)CCCCCCCCCCCCCCCCCCCCC(C)CC. The molecule has 0 aliphatic heterocycles. The summed E-state index contributed by atoms with van der Waals surface area (Å²) in [5, 5.41) is 10.6. The average Bonchev–Trinajstić information content (AvgIpc) is 2.16. The normalized spacial score (nSPS) is 14.6. The maximum Gasteiger partial charge on any atom is 0.472 e. The van der Waals surface area contributed by atoms with Crippen molar-refractivity contribution in [3.05, 3.63) is 0 Å². The molecule has 0 aliphatic carbocycles. The molecule has 0 aromatic carbocycles. The first-order chi connectivity index (χ1) is 46.8. The Hall–Kier alpha value is -1.94. The Morgan fingerprint density at radius 3 is 0.784 bits per heavy atom. The summed E-state index contributed by atoms with van der Waals surface area (Å²) < 4.78 is 68.5. The van der Waals surface area contributed by atoms with Gasteiger partial charge >= 0.3 is 39.5 Å². The van der Waals surface area contributed by atoms with Gasteiger partial charge in [0, 0.05) is 25.7 Å². The molecule has 7 atom stereocenters. The summed E-state index contributed by atoms with van der Waals surface area (Å²) >= 11 is 0. The largest absolute Gasteiger partial charge is 0.472 e. The molecule has 0 heterocycles. The molecular formula is C78H152O17P2. The number of carbonyl (C=O) groups is 4. The predicted molar refractivity (Wildman–Crippen MR) is 395 cm³/mol. The van der Waals surface area contributed by atoms with E-state index >= 15 is 0 Å². The van der Waals surface area contributed by atoms with E-state index in [0.717, 1.165) is 108 Å². The van der Waals surface area contributed by atoms with Crippen LogP contribution < -0.4 is 0 Å². The number of hydrogen-bond acceptors (Lipinski definition) is 15. The molecule has 3 N–H and O–H groups in total. The van der Waals surface area contributed by atoms with Crippen LogP contribution in [-0.4, -0.2) is 96.7 Å². The highest BCUT2D eigenvalue weighted by Gasteiger charge is 2.30. The third-order valence-corrected chi connectivity index (χ3v) is 20.8. The zero-order chi connectivity index (χ0) is 71.6. The van der Waals surface area contributed by atoms with Gasteiger partial charge in [0.2, 0.25) is 0 Å². The number of esters is 4. The predicted octanol–water partition coefficient (Wildman–Crippen LogP) is 23.0. The Bertz CT molecular complexity index is 1890. The number of aliphatic hydroxyl groups excluding tert-OH is 1. The van der Waals surface area contributed by atoms with Gasteiger partial charge in [0.15, 0.2) is 12.2 Å². The molecule has 0 aromatic heterocycles. The number of phosphoric acid groups is 2. The van der Waals surface area contributed by atoms with Gasteiger partial charge in [-0.25, -0.2) is 9.13 Å². The summed E-state index contributed by atoms with van der Waals surface area (Å²) in [5.74, 6) is 0.243. The third kappa shape index (κ3) is 69.5. The maximum atomic E-state index is 13.1. The highest BCUT2D eigenvalue weighted by atomic mass is 31.2. The van der Waals surface area contributed by atoms with Gasteiger partial charge in [-0.15, -0.1) is 0 Å². The second-order valence-corrected chi connectivity index (χ2v) is 32.0. The van der Waals surface area contributed by atoms with Crippen molar-refractivity contribution >= 4 is 39.5 Å². The summed E-state index contributed by atoms with van der Waals surface area (Å²) in [4.78, 5) is 72.8. The van der Waals surface area contributed by atoms with Crippen LogP contribution in [0, 0.1) is 17.8 Å². The third-order valence-electron chi connectivity index (χ3n) is 18.9. The number of rotatable bonds is 76. The minimum absolute atomic E-state index is 0.106. The van der Waals surface area contributed by atoms with Crippen LogP contribution in [-0.2, 0) is 65.4 Å². The minimum atomic E-state index is -4.96. The van der Waals surface area contributed by atoms with Crippen LogP contribution in [0.1, 0.15) is 402 Å². The van der Waals surface area contributed by atoms with Gasteiger partial charge in [-0.1, -0.05) is 350 Å². The monoisotopic (exact) mass is 1420 g/mol. The molecule has 4 unspecified atom stereocenters. The van der Waals surface area contributed by atoms with Gasteiger partial charge in [-0.2, -0.15) is 0 Å². The van der Waals surface area contributed by atoms with Crippen molar-refractivity contribution in [1.82, 2.24) is 0 Å². The first-order valence-corrected chi connectivity index (χ1v) is 43.4. The van der Waals surface area contributed by atoms with Crippen LogP contribution in [0.4, 0.5) is 0 Å². The smallest absolute Gasteiger partial charge is 0.462 e. The molecule has 0 amide bonds. The maximum absolute atomic E-state index is 13.1. The standard InChI is InChI=1S/C78H152O17P2/c1-8-11-12-13-14-15-16-26-33-38-47-54-61-77(82)95-74(66-89-76(81)60-53-46-41-40-42-49-56-69(4)5)68-93-97(86,87)91-64-72(79)63-90-96(84,85)92-67-73(65-88-75(80)59-52-45-37-32-29-28-31-36-44-51-58-71(7)10-3)94-78(83)62-55-48-39-34-27-24-22-20-18-17-19-21-23-25-30-35-43-50-57-70(6)9-2/h69-74,79H,8-68H2,1-7H3,(H,84,85)(H,86,87)/t70?,71?,72-,73-,74-/m1/s1. The molecule has 0 bridgehead atoms. The molecule has 0 aromatic rings. The van der Waals surface area contributed by atoms with E-state index in [9.17, 15) is 43.2 Å². The zero-order valence-corrected chi connectivity index (χ0v) is 65.3. The summed E-state index contributed by atoms with van der Waals surface area (Å²) in [6, 6.07) is 0. The summed E-state index contributed by atoms with van der Waals surface area (Å²) in [5.41, 5.74) is 0. The van der Waals surface area contributed by atoms with E-state index in [4.69, 9.17) is 37.0 Å². The molecule has 17 nitrogen and oxygen atoms in total. The van der Waals surface area contributed by atoms with E-state index in [1.807, 2.05) is 0 Å². The highest BCUT2D eigenvalue weighted by molar-refractivity contribution is 7.47. The lowest BCUT2D eigenvalue weighted by atomic mass is 9.99. The second-order valence-electron chi connectivity index (χ2n) is 29.1. The number of unbranched alkanes of at least 4 members (excludes halogenated alkanes) is 42. The van der Waals surface area contributed by atoms with Crippen LogP contribution in [0.2, 0.25) is 0 Å². The molecule has 0 fully saturated rings. The molecule has 97 heavy (non-hydrogen) atoms. The molecule has 0 aliphatic rings. The molecular weight excluding hydrogens is 1270 g/mol. The van der Waals surface area contributed by atoms with Crippen molar-refractivity contribution in [2.75, 3.05) is 39.6 Å². The molecule has 19 heteroatoms. The van der Waals surface area contributed by atoms with E-state index in [-0.39, 0.29) is 25.7 Å². The zero-order valence-electron chi connectivity index (χ0n) is 63.5. The first kappa shape index (κ1) is 95.1. The van der Waals surface area contributed by atoms with Gasteiger partial charge in [-0.05, 0) is 43.4 Å². The Balaban J connectivity index is 5.19. The van der Waals surface area contributed by atoms with Crippen molar-refractivity contribution in [1.29, 1.82) is 0 Å².